The highest BCUT2D eigenvalue weighted by molar-refractivity contribution is 7.07. The van der Waals surface area contributed by atoms with E-state index < -0.39 is 12.0 Å². The molecule has 0 N–H and O–H groups in total. The zero-order valence-electron chi connectivity index (χ0n) is 22.7. The molecule has 4 aromatic rings. The minimum atomic E-state index is -0.787. The summed E-state index contributed by atoms with van der Waals surface area (Å²) in [7, 11) is 1.59. The van der Waals surface area contributed by atoms with Crippen molar-refractivity contribution in [3.05, 3.63) is 95.8 Å². The van der Waals surface area contributed by atoms with Gasteiger partial charge in [-0.05, 0) is 58.0 Å². The summed E-state index contributed by atoms with van der Waals surface area (Å²) >= 11 is 7.77. The molecule has 2 aromatic carbocycles. The molecule has 0 unspecified atom stereocenters. The number of allylic oxidation sites excluding steroid dienone is 1. The highest BCUT2D eigenvalue weighted by Crippen LogP contribution is 2.36. The number of pyridine rings is 1. The van der Waals surface area contributed by atoms with E-state index in [0.29, 0.717) is 48.7 Å². The Hall–Kier alpha value is -3.95. The molecule has 0 spiro atoms. The van der Waals surface area contributed by atoms with Crippen LogP contribution in [0.2, 0.25) is 5.15 Å². The molecule has 8 nitrogen and oxygen atoms in total. The molecule has 1 atom stereocenters. The van der Waals surface area contributed by atoms with Gasteiger partial charge in [-0.3, -0.25) is 9.36 Å². The van der Waals surface area contributed by atoms with Crippen molar-refractivity contribution in [2.45, 2.75) is 39.8 Å². The first kappa shape index (κ1) is 27.6. The molecule has 0 fully saturated rings. The number of halogens is 1. The van der Waals surface area contributed by atoms with Gasteiger partial charge in [-0.2, -0.15) is 0 Å². The number of carbonyl (C=O) groups excluding carboxylic acids is 1. The molecule has 206 valence electrons. The van der Waals surface area contributed by atoms with Gasteiger partial charge < -0.3 is 14.2 Å². The fourth-order valence-electron chi connectivity index (χ4n) is 4.66. The summed E-state index contributed by atoms with van der Waals surface area (Å²) in [6.07, 6.45) is 1.59. The molecule has 0 aliphatic carbocycles. The maximum Gasteiger partial charge on any atom is 0.338 e. The Bertz CT molecular complexity index is 1840. The fourth-order valence-corrected chi connectivity index (χ4v) is 5.90. The van der Waals surface area contributed by atoms with E-state index in [-0.39, 0.29) is 23.4 Å². The first-order valence-corrected chi connectivity index (χ1v) is 14.0. The molecule has 5 rings (SSSR count). The van der Waals surface area contributed by atoms with Crippen LogP contribution >= 0.6 is 22.9 Å². The van der Waals surface area contributed by atoms with Crippen molar-refractivity contribution >= 4 is 45.9 Å². The third kappa shape index (κ3) is 5.14. The number of hydrogen-bond acceptors (Lipinski definition) is 8. The SMILES string of the molecule is CCOC(=O)C1=C(C)N=c2s/c(=C/c3cc4ccc(OC)cc4nc3Cl)c(=O)n2[C@@H]1c1ccccc1OC(C)C. The molecule has 0 saturated heterocycles. The Balaban J connectivity index is 1.73. The third-order valence-electron chi connectivity index (χ3n) is 6.39. The summed E-state index contributed by atoms with van der Waals surface area (Å²) in [6, 6.07) is 14.0. The van der Waals surface area contributed by atoms with E-state index in [2.05, 4.69) is 9.98 Å². The minimum absolute atomic E-state index is 0.115. The number of nitrogens with zero attached hydrogens (tertiary/aromatic N) is 3. The zero-order valence-corrected chi connectivity index (χ0v) is 24.3. The first-order valence-electron chi connectivity index (χ1n) is 12.8. The number of benzene rings is 2. The quantitative estimate of drug-likeness (QED) is 0.231. The van der Waals surface area contributed by atoms with E-state index in [0.717, 1.165) is 5.39 Å². The topological polar surface area (TPSA) is 92.0 Å². The molecule has 2 aromatic heterocycles. The minimum Gasteiger partial charge on any atom is -0.497 e. The molecule has 3 heterocycles. The highest BCUT2D eigenvalue weighted by atomic mass is 35.5. The summed E-state index contributed by atoms with van der Waals surface area (Å²) in [6.45, 7) is 7.53. The van der Waals surface area contributed by atoms with Gasteiger partial charge in [-0.15, -0.1) is 0 Å². The summed E-state index contributed by atoms with van der Waals surface area (Å²) in [5.74, 6) is 0.719. The van der Waals surface area contributed by atoms with Crippen LogP contribution in [-0.2, 0) is 9.53 Å². The number of para-hydroxylation sites is 1. The van der Waals surface area contributed by atoms with Crippen molar-refractivity contribution in [3.8, 4) is 11.5 Å². The van der Waals surface area contributed by atoms with Crippen LogP contribution in [0.3, 0.4) is 0 Å². The van der Waals surface area contributed by atoms with Crippen LogP contribution in [0.25, 0.3) is 17.0 Å². The molecule has 1 aliphatic heterocycles. The number of aromatic nitrogens is 2. The van der Waals surface area contributed by atoms with Gasteiger partial charge in [-0.25, -0.2) is 14.8 Å². The van der Waals surface area contributed by atoms with Crippen molar-refractivity contribution in [2.24, 2.45) is 4.99 Å². The van der Waals surface area contributed by atoms with E-state index in [1.807, 2.05) is 56.3 Å². The van der Waals surface area contributed by atoms with Gasteiger partial charge in [0.2, 0.25) is 0 Å². The van der Waals surface area contributed by atoms with Crippen LogP contribution in [0.4, 0.5) is 0 Å². The van der Waals surface area contributed by atoms with Crippen LogP contribution < -0.4 is 24.4 Å². The lowest BCUT2D eigenvalue weighted by Gasteiger charge is -2.26. The Labute approximate surface area is 239 Å². The van der Waals surface area contributed by atoms with Crippen LogP contribution in [0.15, 0.2) is 69.6 Å². The number of rotatable bonds is 7. The van der Waals surface area contributed by atoms with Crippen molar-refractivity contribution in [1.82, 2.24) is 9.55 Å². The molecule has 0 bridgehead atoms. The smallest absolute Gasteiger partial charge is 0.338 e. The maximum absolute atomic E-state index is 14.0. The van der Waals surface area contributed by atoms with Crippen LogP contribution in [0.5, 0.6) is 11.5 Å². The lowest BCUT2D eigenvalue weighted by molar-refractivity contribution is -0.139. The standard InChI is InChI=1S/C30H28ClN3O5S/c1-6-38-29(36)25-17(4)32-30-34(26(25)21-9-7-8-10-23(21)39-16(2)3)28(35)24(40-30)14-19-13-18-11-12-20(37-5)15-22(18)33-27(19)31/h7-16,26H,6H2,1-5H3/b24-14+/t26-/m1/s1. The predicted molar refractivity (Wildman–Crippen MR) is 156 cm³/mol. The molecule has 1 aliphatic rings. The number of thiazole rings is 1. The number of ether oxygens (including phenoxy) is 3. The molecular formula is C30H28ClN3O5S. The molecule has 0 radical (unpaired) electrons. The Morgan fingerprint density at radius 2 is 1.98 bits per heavy atom. The average molecular weight is 578 g/mol. The monoisotopic (exact) mass is 577 g/mol. The lowest BCUT2D eigenvalue weighted by atomic mass is 9.95. The highest BCUT2D eigenvalue weighted by Gasteiger charge is 2.35. The Morgan fingerprint density at radius 3 is 2.70 bits per heavy atom. The van der Waals surface area contributed by atoms with Gasteiger partial charge in [0.25, 0.3) is 5.56 Å². The van der Waals surface area contributed by atoms with Crippen molar-refractivity contribution in [3.63, 3.8) is 0 Å². The summed E-state index contributed by atoms with van der Waals surface area (Å²) in [4.78, 5) is 36.8. The number of methoxy groups -OCH3 is 1. The number of hydrogen-bond donors (Lipinski definition) is 0. The number of carbonyl (C=O) groups is 1. The largest absolute Gasteiger partial charge is 0.497 e. The van der Waals surface area contributed by atoms with Gasteiger partial charge >= 0.3 is 5.97 Å². The van der Waals surface area contributed by atoms with Crippen LogP contribution in [0, 0.1) is 0 Å². The van der Waals surface area contributed by atoms with Gasteiger partial charge in [0.15, 0.2) is 4.80 Å². The number of esters is 1. The second-order valence-electron chi connectivity index (χ2n) is 9.43. The zero-order chi connectivity index (χ0) is 28.6. The van der Waals surface area contributed by atoms with E-state index in [1.54, 1.807) is 33.1 Å². The molecular weight excluding hydrogens is 550 g/mol. The fraction of sp³-hybridized carbons (Fsp3) is 0.267. The molecule has 10 heteroatoms. The Morgan fingerprint density at radius 1 is 1.20 bits per heavy atom. The second kappa shape index (κ2) is 11.3. The van der Waals surface area contributed by atoms with Gasteiger partial charge in [0.05, 0.1) is 41.1 Å². The van der Waals surface area contributed by atoms with Crippen molar-refractivity contribution < 1.29 is 19.0 Å². The van der Waals surface area contributed by atoms with Crippen LogP contribution in [0.1, 0.15) is 44.9 Å². The predicted octanol–water partition coefficient (Wildman–Crippen LogP) is 4.80. The van der Waals surface area contributed by atoms with E-state index in [9.17, 15) is 9.59 Å². The van der Waals surface area contributed by atoms with E-state index in [1.165, 1.54) is 15.9 Å². The second-order valence-corrected chi connectivity index (χ2v) is 10.8. The maximum atomic E-state index is 14.0. The summed E-state index contributed by atoms with van der Waals surface area (Å²) in [5, 5.41) is 1.10. The lowest BCUT2D eigenvalue weighted by Crippen LogP contribution is -2.40. The normalized spacial score (nSPS) is 15.3. The first-order chi connectivity index (χ1) is 19.2. The average Bonchev–Trinajstić information content (AvgIpc) is 3.22. The summed E-state index contributed by atoms with van der Waals surface area (Å²) in [5.41, 5.74) is 2.40. The van der Waals surface area contributed by atoms with Gasteiger partial charge in [0.1, 0.15) is 22.7 Å². The molecule has 40 heavy (non-hydrogen) atoms. The summed E-state index contributed by atoms with van der Waals surface area (Å²) < 4.78 is 18.7. The van der Waals surface area contributed by atoms with Crippen molar-refractivity contribution in [2.75, 3.05) is 13.7 Å². The van der Waals surface area contributed by atoms with E-state index >= 15 is 0 Å². The van der Waals surface area contributed by atoms with Crippen LogP contribution in [-0.4, -0.2) is 35.3 Å². The number of fused-ring (bicyclic) bond motifs is 2. The molecule has 0 saturated carbocycles. The van der Waals surface area contributed by atoms with Crippen molar-refractivity contribution in [1.29, 1.82) is 0 Å². The Kier molecular flexibility index (Phi) is 7.78. The van der Waals surface area contributed by atoms with Gasteiger partial charge in [0, 0.05) is 22.6 Å². The molecule has 0 amide bonds. The van der Waals surface area contributed by atoms with E-state index in [4.69, 9.17) is 25.8 Å². The third-order valence-corrected chi connectivity index (χ3v) is 7.67. The van der Waals surface area contributed by atoms with Gasteiger partial charge in [-0.1, -0.05) is 41.1 Å².